The highest BCUT2D eigenvalue weighted by atomic mass is 35.5. The lowest BCUT2D eigenvalue weighted by atomic mass is 9.93. The molecule has 0 radical (unpaired) electrons. The zero-order chi connectivity index (χ0) is 15.5. The molecule has 21 heavy (non-hydrogen) atoms. The normalized spacial score (nSPS) is 22.3. The Labute approximate surface area is 136 Å². The fourth-order valence-corrected chi connectivity index (χ4v) is 5.17. The summed E-state index contributed by atoms with van der Waals surface area (Å²) in [7, 11) is -2.87. The fourth-order valence-electron chi connectivity index (χ4n) is 2.80. The lowest BCUT2D eigenvalue weighted by molar-refractivity contribution is 0.379. The van der Waals surface area contributed by atoms with E-state index < -0.39 is 9.84 Å². The number of benzene rings is 1. The van der Waals surface area contributed by atoms with E-state index in [9.17, 15) is 8.42 Å². The van der Waals surface area contributed by atoms with E-state index in [4.69, 9.17) is 23.2 Å². The van der Waals surface area contributed by atoms with Crippen LogP contribution < -0.4 is 5.32 Å². The quantitative estimate of drug-likeness (QED) is 0.856. The van der Waals surface area contributed by atoms with Crippen molar-refractivity contribution in [3.8, 4) is 0 Å². The first kappa shape index (κ1) is 17.1. The maximum atomic E-state index is 11.7. The second kappa shape index (κ2) is 7.32. The second-order valence-electron chi connectivity index (χ2n) is 5.66. The minimum Gasteiger partial charge on any atom is -0.313 e. The molecule has 3 nitrogen and oxygen atoms in total. The second-order valence-corrected chi connectivity index (χ2v) is 8.74. The van der Waals surface area contributed by atoms with Crippen LogP contribution in [0.5, 0.6) is 0 Å². The maximum absolute atomic E-state index is 11.7. The van der Waals surface area contributed by atoms with Gasteiger partial charge in [-0.15, -0.1) is 0 Å². The molecule has 6 heteroatoms. The summed E-state index contributed by atoms with van der Waals surface area (Å²) in [5, 5.41) is 4.74. The molecule has 0 aromatic heterocycles. The van der Waals surface area contributed by atoms with E-state index in [1.54, 1.807) is 6.07 Å². The Hall–Kier alpha value is -0.290. The molecule has 2 unspecified atom stereocenters. The molecule has 1 heterocycles. The van der Waals surface area contributed by atoms with Crippen molar-refractivity contribution in [1.82, 2.24) is 5.32 Å². The van der Waals surface area contributed by atoms with E-state index in [-0.39, 0.29) is 17.7 Å². The molecule has 0 saturated carbocycles. The summed E-state index contributed by atoms with van der Waals surface area (Å²) < 4.78 is 23.4. The Morgan fingerprint density at radius 1 is 1.38 bits per heavy atom. The van der Waals surface area contributed by atoms with Gasteiger partial charge in [-0.1, -0.05) is 36.2 Å². The van der Waals surface area contributed by atoms with E-state index >= 15 is 0 Å². The largest absolute Gasteiger partial charge is 0.313 e. The summed E-state index contributed by atoms with van der Waals surface area (Å²) in [5.41, 5.74) is 1.01. The summed E-state index contributed by atoms with van der Waals surface area (Å²) in [5.74, 6) is 0.740. The van der Waals surface area contributed by atoms with Gasteiger partial charge in [-0.25, -0.2) is 8.42 Å². The van der Waals surface area contributed by atoms with Crippen molar-refractivity contribution in [2.45, 2.75) is 32.2 Å². The van der Waals surface area contributed by atoms with E-state index in [2.05, 4.69) is 12.2 Å². The lowest BCUT2D eigenvalue weighted by Crippen LogP contribution is -2.39. The molecule has 0 spiro atoms. The lowest BCUT2D eigenvalue weighted by Gasteiger charge is -2.24. The first-order valence-electron chi connectivity index (χ1n) is 7.29. The molecule has 1 fully saturated rings. The number of halogens is 2. The topological polar surface area (TPSA) is 46.2 Å². The van der Waals surface area contributed by atoms with Crippen molar-refractivity contribution in [3.05, 3.63) is 33.8 Å². The third-order valence-corrected chi connectivity index (χ3v) is 6.33. The predicted octanol–water partition coefficient (Wildman–Crippen LogP) is 3.34. The Morgan fingerprint density at radius 3 is 2.71 bits per heavy atom. The van der Waals surface area contributed by atoms with Gasteiger partial charge in [0.25, 0.3) is 0 Å². The molecule has 0 bridgehead atoms. The van der Waals surface area contributed by atoms with Crippen LogP contribution in [0.1, 0.15) is 25.3 Å². The molecule has 0 amide bonds. The summed E-state index contributed by atoms with van der Waals surface area (Å²) in [6.45, 7) is 2.98. The van der Waals surface area contributed by atoms with Crippen molar-refractivity contribution >= 4 is 33.0 Å². The van der Waals surface area contributed by atoms with Crippen molar-refractivity contribution in [2.24, 2.45) is 5.92 Å². The van der Waals surface area contributed by atoms with Gasteiger partial charge in [-0.2, -0.15) is 0 Å². The van der Waals surface area contributed by atoms with E-state index in [1.165, 1.54) is 0 Å². The number of hydrogen-bond acceptors (Lipinski definition) is 3. The van der Waals surface area contributed by atoms with Crippen LogP contribution in [0.25, 0.3) is 0 Å². The molecular formula is C15H21Cl2NO2S. The molecule has 2 atom stereocenters. The Bertz CT molecular complexity index is 589. The Morgan fingerprint density at radius 2 is 2.14 bits per heavy atom. The molecule has 1 saturated heterocycles. The average Bonchev–Trinajstić information content (AvgIpc) is 2.77. The van der Waals surface area contributed by atoms with Crippen molar-refractivity contribution < 1.29 is 8.42 Å². The van der Waals surface area contributed by atoms with E-state index in [0.29, 0.717) is 15.8 Å². The molecule has 1 aromatic rings. The van der Waals surface area contributed by atoms with Crippen LogP contribution in [0.4, 0.5) is 0 Å². The smallest absolute Gasteiger partial charge is 0.150 e. The van der Waals surface area contributed by atoms with Crippen LogP contribution in [0.2, 0.25) is 10.0 Å². The molecule has 1 N–H and O–H groups in total. The van der Waals surface area contributed by atoms with Crippen LogP contribution in [-0.2, 0) is 16.3 Å². The fraction of sp³-hybridized carbons (Fsp3) is 0.600. The van der Waals surface area contributed by atoms with Gasteiger partial charge >= 0.3 is 0 Å². The van der Waals surface area contributed by atoms with Gasteiger partial charge in [0.15, 0.2) is 9.84 Å². The number of sulfone groups is 1. The monoisotopic (exact) mass is 349 g/mol. The molecule has 1 aliphatic rings. The molecule has 0 aliphatic carbocycles. The summed E-state index contributed by atoms with van der Waals surface area (Å²) in [4.78, 5) is 0. The average molecular weight is 350 g/mol. The summed E-state index contributed by atoms with van der Waals surface area (Å²) >= 11 is 12.2. The molecule has 1 aromatic carbocycles. The van der Waals surface area contributed by atoms with Gasteiger partial charge in [-0.05, 0) is 49.4 Å². The summed E-state index contributed by atoms with van der Waals surface area (Å²) in [6, 6.07) is 5.63. The Balaban J connectivity index is 2.12. The van der Waals surface area contributed by atoms with Gasteiger partial charge in [0.05, 0.1) is 11.5 Å². The summed E-state index contributed by atoms with van der Waals surface area (Å²) in [6.07, 6.45) is 2.48. The standard InChI is InChI=1S/C15H21Cl2NO2S/c1-2-6-18-15(12-5-7-21(19,20)10-12)8-11-3-4-13(16)9-14(11)17/h3-4,9,12,15,18H,2,5-8,10H2,1H3. The van der Waals surface area contributed by atoms with Crippen LogP contribution in [0, 0.1) is 5.92 Å². The van der Waals surface area contributed by atoms with Gasteiger partial charge in [0, 0.05) is 16.1 Å². The van der Waals surface area contributed by atoms with Crippen LogP contribution >= 0.6 is 23.2 Å². The highest BCUT2D eigenvalue weighted by Gasteiger charge is 2.33. The van der Waals surface area contributed by atoms with Crippen molar-refractivity contribution in [3.63, 3.8) is 0 Å². The van der Waals surface area contributed by atoms with Gasteiger partial charge < -0.3 is 5.32 Å². The molecular weight excluding hydrogens is 329 g/mol. The SMILES string of the molecule is CCCNC(Cc1ccc(Cl)cc1Cl)C1CCS(=O)(=O)C1. The van der Waals surface area contributed by atoms with Crippen LogP contribution in [0.3, 0.4) is 0 Å². The van der Waals surface area contributed by atoms with Crippen LogP contribution in [-0.4, -0.2) is 32.5 Å². The first-order valence-corrected chi connectivity index (χ1v) is 9.86. The molecule has 118 valence electrons. The zero-order valence-electron chi connectivity index (χ0n) is 12.1. The number of nitrogens with one attached hydrogen (secondary N) is 1. The third-order valence-electron chi connectivity index (χ3n) is 3.95. The number of hydrogen-bond donors (Lipinski definition) is 1. The highest BCUT2D eigenvalue weighted by Crippen LogP contribution is 2.27. The van der Waals surface area contributed by atoms with Crippen LogP contribution in [0.15, 0.2) is 18.2 Å². The zero-order valence-corrected chi connectivity index (χ0v) is 14.4. The minimum absolute atomic E-state index is 0.140. The third kappa shape index (κ3) is 4.85. The van der Waals surface area contributed by atoms with Gasteiger partial charge in [-0.3, -0.25) is 0 Å². The maximum Gasteiger partial charge on any atom is 0.150 e. The Kier molecular flexibility index (Phi) is 5.95. The minimum atomic E-state index is -2.87. The van der Waals surface area contributed by atoms with Gasteiger partial charge in [0.1, 0.15) is 0 Å². The highest BCUT2D eigenvalue weighted by molar-refractivity contribution is 7.91. The predicted molar refractivity (Wildman–Crippen MR) is 89.0 cm³/mol. The van der Waals surface area contributed by atoms with Crippen molar-refractivity contribution in [2.75, 3.05) is 18.1 Å². The van der Waals surface area contributed by atoms with E-state index in [0.717, 1.165) is 31.4 Å². The van der Waals surface area contributed by atoms with Crippen molar-refractivity contribution in [1.29, 1.82) is 0 Å². The van der Waals surface area contributed by atoms with Gasteiger partial charge in [0.2, 0.25) is 0 Å². The van der Waals surface area contributed by atoms with E-state index in [1.807, 2.05) is 12.1 Å². The molecule has 2 rings (SSSR count). The number of rotatable bonds is 6. The molecule has 1 aliphatic heterocycles. The first-order chi connectivity index (χ1) is 9.91.